The molecule has 0 heterocycles. The van der Waals surface area contributed by atoms with E-state index in [-0.39, 0.29) is 30.2 Å². The smallest absolute Gasteiger partial charge is 0.251 e. The fourth-order valence-electron chi connectivity index (χ4n) is 2.55. The summed E-state index contributed by atoms with van der Waals surface area (Å²) in [6.07, 6.45) is 6.44. The van der Waals surface area contributed by atoms with Gasteiger partial charge in [0, 0.05) is 35.9 Å². The zero-order valence-electron chi connectivity index (χ0n) is 17.5. The second-order valence-electron chi connectivity index (χ2n) is 6.77. The summed E-state index contributed by atoms with van der Waals surface area (Å²) in [6, 6.07) is 0. The van der Waals surface area contributed by atoms with Gasteiger partial charge in [-0.15, -0.1) is 0 Å². The number of hydrogen-bond donors (Lipinski definition) is 3. The van der Waals surface area contributed by atoms with Crippen LogP contribution in [0.25, 0.3) is 0 Å². The second-order valence-corrected chi connectivity index (χ2v) is 6.77. The molecular weight excluding hydrogens is 356 g/mol. The Morgan fingerprint density at radius 3 is 2.25 bits per heavy atom. The minimum atomic E-state index is -0.482. The number of amides is 3. The van der Waals surface area contributed by atoms with Gasteiger partial charge in [-0.2, -0.15) is 0 Å². The fourth-order valence-corrected chi connectivity index (χ4v) is 2.55. The Morgan fingerprint density at radius 2 is 1.79 bits per heavy atom. The number of carbonyl (C=O) groups is 3. The van der Waals surface area contributed by atoms with Crippen molar-refractivity contribution in [2.24, 2.45) is 11.7 Å². The van der Waals surface area contributed by atoms with Crippen molar-refractivity contribution in [3.8, 4) is 0 Å². The molecule has 0 aromatic heterocycles. The number of nitrogens with one attached hydrogen (secondary N) is 2. The van der Waals surface area contributed by atoms with Crippen molar-refractivity contribution in [2.45, 2.75) is 47.0 Å². The minimum Gasteiger partial charge on any atom is -0.369 e. The van der Waals surface area contributed by atoms with Crippen molar-refractivity contribution >= 4 is 23.4 Å². The number of rotatable bonds is 13. The molecule has 0 spiro atoms. The van der Waals surface area contributed by atoms with Gasteiger partial charge < -0.3 is 21.4 Å². The van der Waals surface area contributed by atoms with Gasteiger partial charge in [0.05, 0.1) is 6.54 Å². The van der Waals surface area contributed by atoms with Crippen LogP contribution < -0.4 is 11.1 Å². The molecule has 0 fully saturated rings. The number of allylic oxidation sites excluding steroid dienone is 2. The lowest BCUT2D eigenvalue weighted by atomic mass is 10.0. The molecule has 0 radical (unpaired) electrons. The molecule has 7 heteroatoms. The third-order valence-corrected chi connectivity index (χ3v) is 4.04. The molecule has 0 saturated carbocycles. The van der Waals surface area contributed by atoms with Gasteiger partial charge >= 0.3 is 0 Å². The van der Waals surface area contributed by atoms with Crippen LogP contribution in [0.1, 0.15) is 47.0 Å². The van der Waals surface area contributed by atoms with E-state index < -0.39 is 17.7 Å². The molecule has 0 aliphatic carbocycles. The Labute approximate surface area is 168 Å². The summed E-state index contributed by atoms with van der Waals surface area (Å²) in [5.74, 6) is -1.46. The van der Waals surface area contributed by atoms with E-state index in [1.54, 1.807) is 18.7 Å². The number of carbonyl (C=O) groups excluding carboxylic acids is 3. The molecule has 0 bridgehead atoms. The van der Waals surface area contributed by atoms with Gasteiger partial charge in [-0.25, -0.2) is 0 Å². The zero-order valence-corrected chi connectivity index (χ0v) is 17.5. The molecule has 3 amide bonds. The van der Waals surface area contributed by atoms with Gasteiger partial charge in [-0.3, -0.25) is 14.4 Å². The molecule has 4 N–H and O–H groups in total. The van der Waals surface area contributed by atoms with Crippen molar-refractivity contribution in [1.29, 1.82) is 5.41 Å². The van der Waals surface area contributed by atoms with Gasteiger partial charge in [0.2, 0.25) is 11.8 Å². The first-order valence-electron chi connectivity index (χ1n) is 9.61. The van der Waals surface area contributed by atoms with E-state index in [4.69, 9.17) is 11.1 Å². The Hall–Kier alpha value is -2.70. The van der Waals surface area contributed by atoms with Gasteiger partial charge in [0.1, 0.15) is 0 Å². The third kappa shape index (κ3) is 9.30. The van der Waals surface area contributed by atoms with Crippen LogP contribution in [0.15, 0.2) is 36.0 Å². The van der Waals surface area contributed by atoms with Crippen molar-refractivity contribution in [1.82, 2.24) is 10.2 Å². The zero-order chi connectivity index (χ0) is 21.7. The van der Waals surface area contributed by atoms with Gasteiger partial charge in [-0.05, 0) is 32.3 Å². The summed E-state index contributed by atoms with van der Waals surface area (Å²) in [7, 11) is 0. The Kier molecular flexibility index (Phi) is 12.2. The molecule has 0 aromatic carbocycles. The van der Waals surface area contributed by atoms with Crippen LogP contribution in [-0.2, 0) is 14.4 Å². The van der Waals surface area contributed by atoms with E-state index in [2.05, 4.69) is 11.9 Å². The molecule has 7 nitrogen and oxygen atoms in total. The summed E-state index contributed by atoms with van der Waals surface area (Å²) >= 11 is 0. The maximum atomic E-state index is 12.6. The molecule has 156 valence electrons. The number of nitrogens with zero attached hydrogens (tertiary/aromatic N) is 1. The molecule has 0 saturated heterocycles. The highest BCUT2D eigenvalue weighted by Crippen LogP contribution is 2.09. The first kappa shape index (κ1) is 25.3. The van der Waals surface area contributed by atoms with Crippen molar-refractivity contribution in [2.75, 3.05) is 19.6 Å². The van der Waals surface area contributed by atoms with Crippen LogP contribution in [0.3, 0.4) is 0 Å². The topological polar surface area (TPSA) is 116 Å². The van der Waals surface area contributed by atoms with Crippen LogP contribution in [0.2, 0.25) is 0 Å². The van der Waals surface area contributed by atoms with E-state index in [1.165, 1.54) is 18.2 Å². The van der Waals surface area contributed by atoms with Crippen molar-refractivity contribution < 1.29 is 14.4 Å². The van der Waals surface area contributed by atoms with Gasteiger partial charge in [0.25, 0.3) is 5.91 Å². The molecule has 0 aliphatic heterocycles. The normalized spacial score (nSPS) is 12.9. The molecule has 0 rings (SSSR count). The first-order valence-corrected chi connectivity index (χ1v) is 9.61. The van der Waals surface area contributed by atoms with E-state index in [0.29, 0.717) is 18.7 Å². The largest absolute Gasteiger partial charge is 0.369 e. The summed E-state index contributed by atoms with van der Waals surface area (Å²) < 4.78 is 0. The third-order valence-electron chi connectivity index (χ3n) is 4.04. The van der Waals surface area contributed by atoms with Gasteiger partial charge in [0.15, 0.2) is 0 Å². The Bertz CT molecular complexity index is 644. The predicted molar refractivity (Wildman–Crippen MR) is 113 cm³/mol. The van der Waals surface area contributed by atoms with Crippen LogP contribution in [0, 0.1) is 11.3 Å². The quantitative estimate of drug-likeness (QED) is 0.254. The number of primary amides is 1. The average Bonchev–Trinajstić information content (AvgIpc) is 2.64. The Morgan fingerprint density at radius 1 is 1.21 bits per heavy atom. The Balaban J connectivity index is 5.12. The van der Waals surface area contributed by atoms with E-state index in [1.807, 2.05) is 13.8 Å². The maximum absolute atomic E-state index is 12.6. The highest BCUT2D eigenvalue weighted by molar-refractivity contribution is 6.02. The molecule has 1 unspecified atom stereocenters. The summed E-state index contributed by atoms with van der Waals surface area (Å²) in [5, 5.41) is 10.5. The number of nitrogens with two attached hydrogens (primary N) is 1. The molecule has 1 atom stereocenters. The predicted octanol–water partition coefficient (Wildman–Crippen LogP) is 2.34. The molecule has 0 aliphatic rings. The van der Waals surface area contributed by atoms with Crippen molar-refractivity contribution in [3.63, 3.8) is 0 Å². The number of hydrogen-bond acceptors (Lipinski definition) is 4. The summed E-state index contributed by atoms with van der Waals surface area (Å²) in [6.45, 7) is 12.3. The highest BCUT2D eigenvalue weighted by atomic mass is 16.2. The minimum absolute atomic E-state index is 0.00354. The lowest BCUT2D eigenvalue weighted by Gasteiger charge is -2.22. The first-order chi connectivity index (χ1) is 13.2. The van der Waals surface area contributed by atoms with Crippen molar-refractivity contribution in [3.05, 3.63) is 36.0 Å². The maximum Gasteiger partial charge on any atom is 0.251 e. The highest BCUT2D eigenvalue weighted by Gasteiger charge is 2.16. The molecule has 0 aromatic rings. The fraction of sp³-hybridized carbons (Fsp3) is 0.524. The lowest BCUT2D eigenvalue weighted by Crippen LogP contribution is -2.34. The summed E-state index contributed by atoms with van der Waals surface area (Å²) in [4.78, 5) is 37.9. The average molecular weight is 391 g/mol. The summed E-state index contributed by atoms with van der Waals surface area (Å²) in [5.41, 5.74) is 6.13. The van der Waals surface area contributed by atoms with E-state index in [0.717, 1.165) is 12.8 Å². The molecule has 28 heavy (non-hydrogen) atoms. The lowest BCUT2D eigenvalue weighted by molar-refractivity contribution is -0.127. The van der Waals surface area contributed by atoms with Crippen LogP contribution in [-0.4, -0.2) is 48.0 Å². The van der Waals surface area contributed by atoms with Crippen LogP contribution in [0.5, 0.6) is 0 Å². The van der Waals surface area contributed by atoms with Gasteiger partial charge in [-0.1, -0.05) is 39.5 Å². The van der Waals surface area contributed by atoms with Crippen LogP contribution in [0.4, 0.5) is 0 Å². The van der Waals surface area contributed by atoms with Crippen LogP contribution >= 0.6 is 0 Å². The second kappa shape index (κ2) is 13.5. The standard InChI is InChI=1S/C21H34N4O3/c1-6-9-17(12-16(5)21(28)25(10-7-2)11-8-3)20(27)24-14-18(22)13-15(4)19(23)26/h6,9,12,15,22H,1,7-8,10-11,13-14H2,2-5H3,(H2,23,26)(H,24,27)/b16-12+,17-9+,22-18?. The van der Waals surface area contributed by atoms with E-state index in [9.17, 15) is 14.4 Å². The monoisotopic (exact) mass is 390 g/mol. The van der Waals surface area contributed by atoms with E-state index >= 15 is 0 Å². The SMILES string of the molecule is C=C/C=C(\C=C(/C)C(=O)N(CCC)CCC)C(=O)NCC(=N)CC(C)C(N)=O. The molecular formula is C21H34N4O3.